The summed E-state index contributed by atoms with van der Waals surface area (Å²) in [5.41, 5.74) is 1.00. The lowest BCUT2D eigenvalue weighted by atomic mass is 9.82. The van der Waals surface area contributed by atoms with Gasteiger partial charge in [-0.25, -0.2) is 0 Å². The number of carbonyl (C=O) groups is 2. The number of benzene rings is 2. The molecule has 11 heteroatoms. The van der Waals surface area contributed by atoms with Crippen molar-refractivity contribution in [2.24, 2.45) is 5.92 Å². The third-order valence-corrected chi connectivity index (χ3v) is 9.38. The number of aliphatic hydroxyl groups is 2. The Hall–Kier alpha value is -4.32. The van der Waals surface area contributed by atoms with Crippen molar-refractivity contribution in [3.8, 4) is 0 Å². The van der Waals surface area contributed by atoms with Crippen molar-refractivity contribution in [2.45, 2.75) is 50.3 Å². The minimum atomic E-state index is -1.82. The molecule has 3 aromatic rings. The minimum Gasteiger partial charge on any atom is -0.396 e. The summed E-state index contributed by atoms with van der Waals surface area (Å²) in [5.74, 6) is -0.933. The van der Waals surface area contributed by atoms with E-state index >= 15 is 0 Å². The molecule has 0 unspecified atom stereocenters. The number of aryl methyl sites for hydroxylation is 1. The Balaban J connectivity index is 1.29. The third kappa shape index (κ3) is 5.34. The molecule has 0 bridgehead atoms. The van der Waals surface area contributed by atoms with Crippen molar-refractivity contribution in [1.29, 1.82) is 0 Å². The Bertz CT molecular complexity index is 1580. The topological polar surface area (TPSA) is 127 Å². The lowest BCUT2D eigenvalue weighted by molar-refractivity contribution is -0.139. The van der Waals surface area contributed by atoms with E-state index < -0.39 is 23.0 Å². The molecule has 3 N–H and O–H groups in total. The van der Waals surface area contributed by atoms with E-state index in [2.05, 4.69) is 27.1 Å². The van der Waals surface area contributed by atoms with Gasteiger partial charge in [-0.3, -0.25) is 19.2 Å². The Kier molecular flexibility index (Phi) is 8.59. The van der Waals surface area contributed by atoms with E-state index in [0.29, 0.717) is 55.8 Å². The van der Waals surface area contributed by atoms with Crippen molar-refractivity contribution >= 4 is 28.9 Å². The van der Waals surface area contributed by atoms with Gasteiger partial charge in [0.1, 0.15) is 5.54 Å². The lowest BCUT2D eigenvalue weighted by Gasteiger charge is -2.39. The highest BCUT2D eigenvalue weighted by Gasteiger charge is 2.55. The number of hydrogen-bond acceptors (Lipinski definition) is 8. The van der Waals surface area contributed by atoms with Gasteiger partial charge in [-0.1, -0.05) is 48.6 Å². The number of nitrogens with one attached hydrogen (secondary N) is 1. The van der Waals surface area contributed by atoms with Crippen LogP contribution in [0.2, 0.25) is 0 Å². The zero-order valence-corrected chi connectivity index (χ0v) is 25.7. The number of hydrogen-bond donors (Lipinski definition) is 3. The van der Waals surface area contributed by atoms with Crippen molar-refractivity contribution in [3.05, 3.63) is 90.8 Å². The number of aromatic nitrogens is 3. The van der Waals surface area contributed by atoms with Crippen molar-refractivity contribution in [2.75, 3.05) is 47.6 Å². The molecule has 1 spiro atoms. The van der Waals surface area contributed by atoms with E-state index in [1.165, 1.54) is 0 Å². The van der Waals surface area contributed by atoms with Crippen LogP contribution < -0.4 is 20.0 Å². The van der Waals surface area contributed by atoms with Gasteiger partial charge < -0.3 is 25.3 Å². The molecule has 3 aliphatic rings. The van der Waals surface area contributed by atoms with Gasteiger partial charge in [0.25, 0.3) is 11.8 Å². The predicted octanol–water partition coefficient (Wildman–Crippen LogP) is 2.75. The van der Waals surface area contributed by atoms with E-state index in [0.717, 1.165) is 24.5 Å². The molecule has 11 nitrogen and oxygen atoms in total. The molecule has 2 saturated heterocycles. The Morgan fingerprint density at radius 1 is 1.09 bits per heavy atom. The number of aliphatic hydroxyl groups excluding tert-OH is 1. The Morgan fingerprint density at radius 3 is 2.60 bits per heavy atom. The second-order valence-corrected chi connectivity index (χ2v) is 12.0. The molecule has 45 heavy (non-hydrogen) atoms. The van der Waals surface area contributed by atoms with Crippen LogP contribution in [-0.2, 0) is 28.2 Å². The number of fused-ring (bicyclic) bond motifs is 1. The Morgan fingerprint density at radius 2 is 1.87 bits per heavy atom. The first-order chi connectivity index (χ1) is 21.8. The van der Waals surface area contributed by atoms with Crippen LogP contribution in [0.25, 0.3) is 0 Å². The molecule has 0 aliphatic carbocycles. The summed E-state index contributed by atoms with van der Waals surface area (Å²) in [6, 6.07) is 15.6. The number of anilines is 3. The lowest BCUT2D eigenvalue weighted by Crippen LogP contribution is -2.55. The van der Waals surface area contributed by atoms with E-state index in [9.17, 15) is 14.7 Å². The molecule has 6 rings (SSSR count). The highest BCUT2D eigenvalue weighted by molar-refractivity contribution is 6.10. The van der Waals surface area contributed by atoms with Gasteiger partial charge in [0, 0.05) is 55.2 Å². The number of carbonyl (C=O) groups excluding carboxylic acids is 2. The number of piperidine rings is 1. The molecule has 2 fully saturated rings. The molecule has 0 radical (unpaired) electrons. The van der Waals surface area contributed by atoms with Gasteiger partial charge in [0.05, 0.1) is 18.1 Å². The molecule has 4 heterocycles. The van der Waals surface area contributed by atoms with Crippen LogP contribution in [0.5, 0.6) is 0 Å². The number of nitrogens with zero attached hydrogens (tertiary/aromatic N) is 6. The molecule has 0 saturated carbocycles. The summed E-state index contributed by atoms with van der Waals surface area (Å²) in [6.45, 7) is 8.39. The van der Waals surface area contributed by atoms with Gasteiger partial charge in [-0.05, 0) is 62.7 Å². The van der Waals surface area contributed by atoms with E-state index in [1.807, 2.05) is 67.6 Å². The van der Waals surface area contributed by atoms with Crippen LogP contribution >= 0.6 is 0 Å². The maximum atomic E-state index is 14.3. The summed E-state index contributed by atoms with van der Waals surface area (Å²) in [4.78, 5) is 33.7. The number of allylic oxidation sites excluding steroid dienone is 1. The van der Waals surface area contributed by atoms with Crippen LogP contribution in [-0.4, -0.2) is 75.5 Å². The molecular formula is C34H41N7O4. The molecular weight excluding hydrogens is 570 g/mol. The highest BCUT2D eigenvalue weighted by Crippen LogP contribution is 2.48. The first kappa shape index (κ1) is 30.7. The molecule has 2 aromatic carbocycles. The van der Waals surface area contributed by atoms with Crippen LogP contribution in [0.15, 0.2) is 79.5 Å². The van der Waals surface area contributed by atoms with Gasteiger partial charge in [-0.2, -0.15) is 0 Å². The third-order valence-electron chi connectivity index (χ3n) is 9.38. The van der Waals surface area contributed by atoms with Gasteiger partial charge in [0.2, 0.25) is 0 Å². The molecule has 2 amide bonds. The molecule has 3 aliphatic heterocycles. The fraction of sp³-hybridized carbons (Fsp3) is 0.412. The van der Waals surface area contributed by atoms with Crippen LogP contribution in [0, 0.1) is 5.92 Å². The second-order valence-electron chi connectivity index (χ2n) is 12.0. The SMILES string of the molecule is C=CCN1C(=O)[C@](O)([C@H](C)/C=C/CCn2cc(CCO)nn2)c2cc(N3CN(c4ccccc4)C4(CCNCC4)C3=O)ccc21. The van der Waals surface area contributed by atoms with Gasteiger partial charge >= 0.3 is 0 Å². The zero-order chi connectivity index (χ0) is 31.6. The number of para-hydroxylation sites is 1. The van der Waals surface area contributed by atoms with Crippen molar-refractivity contribution < 1.29 is 19.8 Å². The summed E-state index contributed by atoms with van der Waals surface area (Å²) in [5, 5.41) is 32.9. The van der Waals surface area contributed by atoms with E-state index in [1.54, 1.807) is 26.8 Å². The average molecular weight is 612 g/mol. The predicted molar refractivity (Wildman–Crippen MR) is 173 cm³/mol. The molecule has 2 atom stereocenters. The standard InChI is InChI=1S/C34H41N7O4/c1-3-19-39-30-13-12-28(40-24-41(27-10-5-4-6-11-27)33(31(40)43)15-17-35-18-16-33)22-29(30)34(45,32(39)44)25(2)9-7-8-20-38-23-26(14-21-42)36-37-38/h3-7,9-13,22-23,25,35,42,45H,1,8,14-21,24H2,2H3/b9-7+/t25-,34+/m1/s1. The monoisotopic (exact) mass is 611 g/mol. The van der Waals surface area contributed by atoms with E-state index in [-0.39, 0.29) is 19.1 Å². The fourth-order valence-corrected chi connectivity index (χ4v) is 6.90. The normalized spacial score (nSPS) is 21.7. The van der Waals surface area contributed by atoms with Crippen LogP contribution in [0.3, 0.4) is 0 Å². The second kappa shape index (κ2) is 12.6. The maximum Gasteiger partial charge on any atom is 0.264 e. The smallest absolute Gasteiger partial charge is 0.264 e. The summed E-state index contributed by atoms with van der Waals surface area (Å²) in [6.07, 6.45) is 9.70. The minimum absolute atomic E-state index is 0.0182. The van der Waals surface area contributed by atoms with Crippen molar-refractivity contribution in [3.63, 3.8) is 0 Å². The quantitative estimate of drug-likeness (QED) is 0.283. The van der Waals surface area contributed by atoms with Gasteiger partial charge in [-0.15, -0.1) is 11.7 Å². The average Bonchev–Trinajstić information content (AvgIpc) is 3.69. The van der Waals surface area contributed by atoms with Crippen LogP contribution in [0.4, 0.5) is 17.1 Å². The Labute approximate surface area is 263 Å². The zero-order valence-electron chi connectivity index (χ0n) is 25.7. The summed E-state index contributed by atoms with van der Waals surface area (Å²) in [7, 11) is 0. The summed E-state index contributed by atoms with van der Waals surface area (Å²) < 4.78 is 1.71. The first-order valence-electron chi connectivity index (χ1n) is 15.6. The first-order valence-corrected chi connectivity index (χ1v) is 15.6. The molecule has 1 aromatic heterocycles. The summed E-state index contributed by atoms with van der Waals surface area (Å²) >= 11 is 0. The maximum absolute atomic E-state index is 14.3. The fourth-order valence-electron chi connectivity index (χ4n) is 6.90. The highest BCUT2D eigenvalue weighted by atomic mass is 16.3. The van der Waals surface area contributed by atoms with Crippen molar-refractivity contribution in [1.82, 2.24) is 20.3 Å². The number of amides is 2. The van der Waals surface area contributed by atoms with Crippen LogP contribution in [0.1, 0.15) is 37.4 Å². The largest absolute Gasteiger partial charge is 0.396 e. The van der Waals surface area contributed by atoms with E-state index in [4.69, 9.17) is 5.11 Å². The number of rotatable bonds is 11. The molecule has 236 valence electrons. The van der Waals surface area contributed by atoms with Gasteiger partial charge in [0.15, 0.2) is 5.60 Å².